The topological polar surface area (TPSA) is 43.1 Å². The van der Waals surface area contributed by atoms with Crippen molar-refractivity contribution in [2.45, 2.75) is 20.8 Å². The third-order valence-electron chi connectivity index (χ3n) is 2.38. The Kier molecular flexibility index (Phi) is 2.60. The monoisotopic (exact) mass is 215 g/mol. The van der Waals surface area contributed by atoms with Gasteiger partial charge in [0.05, 0.1) is 5.69 Å². The molecule has 0 atom stereocenters. The van der Waals surface area contributed by atoms with Crippen LogP contribution in [0.4, 0.5) is 0 Å². The Labute approximate surface area is 94.1 Å². The molecule has 0 radical (unpaired) electrons. The van der Waals surface area contributed by atoms with E-state index in [4.69, 9.17) is 4.42 Å². The minimum absolute atomic E-state index is 0.0936. The number of nitrogens with zero attached hydrogens (tertiary/aromatic N) is 1. The van der Waals surface area contributed by atoms with E-state index in [1.54, 1.807) is 6.92 Å². The van der Waals surface area contributed by atoms with Crippen LogP contribution in [0.15, 0.2) is 28.7 Å². The summed E-state index contributed by atoms with van der Waals surface area (Å²) in [5.41, 5.74) is 2.68. The van der Waals surface area contributed by atoms with Crippen molar-refractivity contribution in [2.24, 2.45) is 0 Å². The van der Waals surface area contributed by atoms with E-state index in [-0.39, 0.29) is 5.78 Å². The average Bonchev–Trinajstić information content (AvgIpc) is 2.60. The zero-order valence-electron chi connectivity index (χ0n) is 9.57. The van der Waals surface area contributed by atoms with Crippen LogP contribution in [0.5, 0.6) is 0 Å². The van der Waals surface area contributed by atoms with E-state index in [0.29, 0.717) is 17.3 Å². The first kappa shape index (κ1) is 10.6. The molecule has 0 amide bonds. The Morgan fingerprint density at radius 1 is 1.31 bits per heavy atom. The van der Waals surface area contributed by atoms with Gasteiger partial charge in [-0.2, -0.15) is 0 Å². The molecule has 0 aliphatic carbocycles. The molecule has 0 bridgehead atoms. The SMILES string of the molecule is CC(=O)c1oc(-c2cccc(C)c2)nc1C. The first-order valence-corrected chi connectivity index (χ1v) is 5.13. The summed E-state index contributed by atoms with van der Waals surface area (Å²) in [4.78, 5) is 15.5. The molecular formula is C13H13NO2. The zero-order valence-corrected chi connectivity index (χ0v) is 9.57. The van der Waals surface area contributed by atoms with Crippen molar-refractivity contribution in [3.63, 3.8) is 0 Å². The highest BCUT2D eigenvalue weighted by atomic mass is 16.4. The molecule has 1 aromatic heterocycles. The van der Waals surface area contributed by atoms with E-state index in [0.717, 1.165) is 11.1 Å². The van der Waals surface area contributed by atoms with Gasteiger partial charge in [-0.25, -0.2) is 4.98 Å². The van der Waals surface area contributed by atoms with Crippen LogP contribution in [0.2, 0.25) is 0 Å². The molecule has 0 fully saturated rings. The fourth-order valence-corrected chi connectivity index (χ4v) is 1.62. The third-order valence-corrected chi connectivity index (χ3v) is 2.38. The molecule has 0 spiro atoms. The number of aryl methyl sites for hydroxylation is 2. The fraction of sp³-hybridized carbons (Fsp3) is 0.231. The lowest BCUT2D eigenvalue weighted by Crippen LogP contribution is -1.90. The van der Waals surface area contributed by atoms with Gasteiger partial charge in [0.25, 0.3) is 0 Å². The maximum atomic E-state index is 11.2. The number of benzene rings is 1. The van der Waals surface area contributed by atoms with Crippen molar-refractivity contribution >= 4 is 5.78 Å². The Balaban J connectivity index is 2.49. The highest BCUT2D eigenvalue weighted by Gasteiger charge is 2.14. The highest BCUT2D eigenvalue weighted by molar-refractivity contribution is 5.92. The standard InChI is InChI=1S/C13H13NO2/c1-8-5-4-6-11(7-8)13-14-9(2)12(16-13)10(3)15/h4-7H,1-3H3. The molecular weight excluding hydrogens is 202 g/mol. The van der Waals surface area contributed by atoms with Gasteiger partial charge in [0.1, 0.15) is 0 Å². The number of hydrogen-bond acceptors (Lipinski definition) is 3. The van der Waals surface area contributed by atoms with Crippen molar-refractivity contribution in [3.8, 4) is 11.5 Å². The summed E-state index contributed by atoms with van der Waals surface area (Å²) < 4.78 is 5.46. The summed E-state index contributed by atoms with van der Waals surface area (Å²) in [6, 6.07) is 7.85. The second kappa shape index (κ2) is 3.93. The Bertz CT molecular complexity index is 541. The van der Waals surface area contributed by atoms with E-state index in [2.05, 4.69) is 4.98 Å². The molecule has 3 heteroatoms. The lowest BCUT2D eigenvalue weighted by atomic mass is 10.1. The molecule has 82 valence electrons. The second-order valence-corrected chi connectivity index (χ2v) is 3.86. The molecule has 2 rings (SSSR count). The van der Waals surface area contributed by atoms with Crippen LogP contribution in [0, 0.1) is 13.8 Å². The van der Waals surface area contributed by atoms with Crippen LogP contribution in [-0.4, -0.2) is 10.8 Å². The number of oxazole rings is 1. The first-order chi connectivity index (χ1) is 7.58. The molecule has 3 nitrogen and oxygen atoms in total. The van der Waals surface area contributed by atoms with E-state index in [1.165, 1.54) is 6.92 Å². The van der Waals surface area contributed by atoms with Crippen molar-refractivity contribution in [3.05, 3.63) is 41.3 Å². The van der Waals surface area contributed by atoms with Gasteiger partial charge >= 0.3 is 0 Å². The maximum absolute atomic E-state index is 11.2. The molecule has 0 unspecified atom stereocenters. The molecule has 0 N–H and O–H groups in total. The number of carbonyl (C=O) groups excluding carboxylic acids is 1. The first-order valence-electron chi connectivity index (χ1n) is 5.13. The van der Waals surface area contributed by atoms with Crippen molar-refractivity contribution in [1.82, 2.24) is 4.98 Å². The van der Waals surface area contributed by atoms with E-state index < -0.39 is 0 Å². The smallest absolute Gasteiger partial charge is 0.227 e. The number of ketones is 1. The third kappa shape index (κ3) is 1.89. The van der Waals surface area contributed by atoms with Crippen molar-refractivity contribution in [1.29, 1.82) is 0 Å². The van der Waals surface area contributed by atoms with Crippen LogP contribution in [0.1, 0.15) is 28.7 Å². The van der Waals surface area contributed by atoms with E-state index in [1.807, 2.05) is 31.2 Å². The Hall–Kier alpha value is -1.90. The summed E-state index contributed by atoms with van der Waals surface area (Å²) in [7, 11) is 0. The number of rotatable bonds is 2. The van der Waals surface area contributed by atoms with Gasteiger partial charge in [0, 0.05) is 12.5 Å². The molecule has 1 aromatic carbocycles. The quantitative estimate of drug-likeness (QED) is 0.723. The average molecular weight is 215 g/mol. The van der Waals surface area contributed by atoms with Gasteiger partial charge in [0.15, 0.2) is 11.5 Å². The van der Waals surface area contributed by atoms with E-state index >= 15 is 0 Å². The van der Waals surface area contributed by atoms with Crippen LogP contribution < -0.4 is 0 Å². The molecule has 2 aromatic rings. The Morgan fingerprint density at radius 3 is 2.62 bits per heavy atom. The second-order valence-electron chi connectivity index (χ2n) is 3.86. The van der Waals surface area contributed by atoms with Gasteiger partial charge in [0.2, 0.25) is 5.89 Å². The van der Waals surface area contributed by atoms with Crippen molar-refractivity contribution in [2.75, 3.05) is 0 Å². The van der Waals surface area contributed by atoms with Crippen LogP contribution >= 0.6 is 0 Å². The van der Waals surface area contributed by atoms with Gasteiger partial charge in [-0.05, 0) is 26.0 Å². The maximum Gasteiger partial charge on any atom is 0.227 e. The predicted molar refractivity (Wildman–Crippen MR) is 61.4 cm³/mol. The van der Waals surface area contributed by atoms with Gasteiger partial charge < -0.3 is 4.42 Å². The number of aromatic nitrogens is 1. The minimum atomic E-state index is -0.0936. The minimum Gasteiger partial charge on any atom is -0.433 e. The van der Waals surface area contributed by atoms with Gasteiger partial charge in [-0.1, -0.05) is 17.7 Å². The van der Waals surface area contributed by atoms with Gasteiger partial charge in [-0.3, -0.25) is 4.79 Å². The van der Waals surface area contributed by atoms with Gasteiger partial charge in [-0.15, -0.1) is 0 Å². The highest BCUT2D eigenvalue weighted by Crippen LogP contribution is 2.22. The number of carbonyl (C=O) groups is 1. The van der Waals surface area contributed by atoms with Crippen LogP contribution in [-0.2, 0) is 0 Å². The summed E-state index contributed by atoms with van der Waals surface area (Å²) in [6.07, 6.45) is 0. The zero-order chi connectivity index (χ0) is 11.7. The lowest BCUT2D eigenvalue weighted by Gasteiger charge is -1.96. The summed E-state index contributed by atoms with van der Waals surface area (Å²) in [6.45, 7) is 5.26. The predicted octanol–water partition coefficient (Wildman–Crippen LogP) is 3.16. The Morgan fingerprint density at radius 2 is 2.06 bits per heavy atom. The number of hydrogen-bond donors (Lipinski definition) is 0. The molecule has 0 saturated carbocycles. The van der Waals surface area contributed by atoms with E-state index in [9.17, 15) is 4.79 Å². The molecule has 0 aliphatic heterocycles. The largest absolute Gasteiger partial charge is 0.433 e. The fourth-order valence-electron chi connectivity index (χ4n) is 1.62. The summed E-state index contributed by atoms with van der Waals surface area (Å²) in [5, 5.41) is 0. The lowest BCUT2D eigenvalue weighted by molar-refractivity contribution is 0.0987. The molecule has 0 aliphatic rings. The molecule has 0 saturated heterocycles. The van der Waals surface area contributed by atoms with Crippen LogP contribution in [0.25, 0.3) is 11.5 Å². The molecule has 16 heavy (non-hydrogen) atoms. The number of Topliss-reactive ketones (excluding diaryl/α,β-unsaturated/α-hetero) is 1. The normalized spacial score (nSPS) is 10.4. The van der Waals surface area contributed by atoms with Crippen LogP contribution in [0.3, 0.4) is 0 Å². The van der Waals surface area contributed by atoms with Crippen molar-refractivity contribution < 1.29 is 9.21 Å². The molecule has 1 heterocycles. The summed E-state index contributed by atoms with van der Waals surface area (Å²) >= 11 is 0. The summed E-state index contributed by atoms with van der Waals surface area (Å²) in [5.74, 6) is 0.756.